The molecule has 0 spiro atoms. The Labute approximate surface area is 104 Å². The maximum absolute atomic E-state index is 6.32. The fraction of sp³-hybridized carbons (Fsp3) is 0.727. The number of ether oxygens (including phenoxy) is 1. The first-order chi connectivity index (χ1) is 7.58. The molecule has 90 valence electrons. The van der Waals surface area contributed by atoms with Gasteiger partial charge in [0.05, 0.1) is 35.6 Å². The largest absolute Gasteiger partial charge is 0.383 e. The summed E-state index contributed by atoms with van der Waals surface area (Å²) >= 11 is 3.53. The van der Waals surface area contributed by atoms with Crippen molar-refractivity contribution >= 4 is 15.9 Å². The zero-order chi connectivity index (χ0) is 11.8. The van der Waals surface area contributed by atoms with Gasteiger partial charge in [0.25, 0.3) is 0 Å². The molecular formula is C11H18BrN3O. The molecule has 2 N–H and O–H groups in total. The monoisotopic (exact) mass is 287 g/mol. The summed E-state index contributed by atoms with van der Waals surface area (Å²) < 4.78 is 8.02. The number of hydrogen-bond acceptors (Lipinski definition) is 3. The van der Waals surface area contributed by atoms with Gasteiger partial charge >= 0.3 is 0 Å². The highest BCUT2D eigenvalue weighted by atomic mass is 79.9. The quantitative estimate of drug-likeness (QED) is 0.902. The second-order valence-corrected chi connectivity index (χ2v) is 5.58. The summed E-state index contributed by atoms with van der Waals surface area (Å²) in [7, 11) is 1.69. The smallest absolute Gasteiger partial charge is 0.0700 e. The van der Waals surface area contributed by atoms with Gasteiger partial charge in [0.15, 0.2) is 0 Å². The van der Waals surface area contributed by atoms with Crippen molar-refractivity contribution in [2.75, 3.05) is 13.7 Å². The van der Waals surface area contributed by atoms with Crippen molar-refractivity contribution in [3.8, 4) is 0 Å². The first kappa shape index (κ1) is 12.1. The number of nitrogens with zero attached hydrogens (tertiary/aromatic N) is 2. The second-order valence-electron chi connectivity index (χ2n) is 4.73. The third-order valence-electron chi connectivity index (χ3n) is 3.42. The average Bonchev–Trinajstić information content (AvgIpc) is 2.90. The molecule has 5 heteroatoms. The molecule has 1 atom stereocenters. The standard InChI is InChI=1S/C11H18BrN3O/c1-11(3-4-11)10(13)9-8(12)7-14-15(9)5-6-16-2/h7,10H,3-6,13H2,1-2H3. The van der Waals surface area contributed by atoms with Gasteiger partial charge in [-0.3, -0.25) is 4.68 Å². The van der Waals surface area contributed by atoms with E-state index in [2.05, 4.69) is 28.0 Å². The van der Waals surface area contributed by atoms with Crippen LogP contribution in [0.25, 0.3) is 0 Å². The average molecular weight is 288 g/mol. The fourth-order valence-electron chi connectivity index (χ4n) is 1.88. The first-order valence-corrected chi connectivity index (χ1v) is 6.33. The highest BCUT2D eigenvalue weighted by Crippen LogP contribution is 2.54. The van der Waals surface area contributed by atoms with Gasteiger partial charge in [0.1, 0.15) is 0 Å². The molecule has 1 unspecified atom stereocenters. The van der Waals surface area contributed by atoms with Crippen LogP contribution in [0.4, 0.5) is 0 Å². The summed E-state index contributed by atoms with van der Waals surface area (Å²) in [4.78, 5) is 0. The number of aromatic nitrogens is 2. The molecule has 4 nitrogen and oxygen atoms in total. The Balaban J connectivity index is 2.20. The van der Waals surface area contributed by atoms with Crippen molar-refractivity contribution in [1.29, 1.82) is 0 Å². The summed E-state index contributed by atoms with van der Waals surface area (Å²) in [6, 6.07) is 0.0567. The third-order valence-corrected chi connectivity index (χ3v) is 4.04. The molecule has 2 rings (SSSR count). The van der Waals surface area contributed by atoms with E-state index in [0.717, 1.165) is 16.7 Å². The molecule has 0 aromatic carbocycles. The summed E-state index contributed by atoms with van der Waals surface area (Å²) in [5.74, 6) is 0. The van der Waals surface area contributed by atoms with E-state index < -0.39 is 0 Å². The van der Waals surface area contributed by atoms with Crippen LogP contribution in [-0.2, 0) is 11.3 Å². The van der Waals surface area contributed by atoms with Crippen LogP contribution in [0.3, 0.4) is 0 Å². The van der Waals surface area contributed by atoms with E-state index in [1.807, 2.05) is 10.9 Å². The normalized spacial score (nSPS) is 19.8. The molecule has 1 heterocycles. The lowest BCUT2D eigenvalue weighted by Gasteiger charge is -2.20. The minimum Gasteiger partial charge on any atom is -0.383 e. The van der Waals surface area contributed by atoms with Gasteiger partial charge < -0.3 is 10.5 Å². The van der Waals surface area contributed by atoms with Gasteiger partial charge in [0.2, 0.25) is 0 Å². The van der Waals surface area contributed by atoms with E-state index in [1.54, 1.807) is 7.11 Å². The Morgan fingerprint density at radius 3 is 2.94 bits per heavy atom. The summed E-state index contributed by atoms with van der Waals surface area (Å²) in [5.41, 5.74) is 7.67. The van der Waals surface area contributed by atoms with Gasteiger partial charge in [-0.2, -0.15) is 5.10 Å². The van der Waals surface area contributed by atoms with E-state index in [4.69, 9.17) is 10.5 Å². The predicted octanol–water partition coefficient (Wildman–Crippen LogP) is 2.09. The molecule has 0 radical (unpaired) electrons. The van der Waals surface area contributed by atoms with Crippen LogP contribution in [0.1, 0.15) is 31.5 Å². The Morgan fingerprint density at radius 1 is 1.69 bits per heavy atom. The molecule has 1 fully saturated rings. The van der Waals surface area contributed by atoms with Gasteiger partial charge in [-0.05, 0) is 34.2 Å². The van der Waals surface area contributed by atoms with Gasteiger partial charge in [-0.25, -0.2) is 0 Å². The molecular weight excluding hydrogens is 270 g/mol. The third kappa shape index (κ3) is 2.17. The van der Waals surface area contributed by atoms with Gasteiger partial charge in [-0.15, -0.1) is 0 Å². The molecule has 0 bridgehead atoms. The van der Waals surface area contributed by atoms with Crippen LogP contribution in [-0.4, -0.2) is 23.5 Å². The van der Waals surface area contributed by atoms with Crippen molar-refractivity contribution in [1.82, 2.24) is 9.78 Å². The molecule has 1 aromatic rings. The molecule has 1 aliphatic carbocycles. The van der Waals surface area contributed by atoms with E-state index in [-0.39, 0.29) is 11.5 Å². The van der Waals surface area contributed by atoms with Crippen molar-refractivity contribution in [3.63, 3.8) is 0 Å². The molecule has 0 saturated heterocycles. The molecule has 1 aliphatic rings. The maximum Gasteiger partial charge on any atom is 0.0700 e. The summed E-state index contributed by atoms with van der Waals surface area (Å²) in [6.07, 6.45) is 4.22. The molecule has 0 amide bonds. The number of halogens is 1. The molecule has 1 aromatic heterocycles. The van der Waals surface area contributed by atoms with Crippen LogP contribution in [0, 0.1) is 5.41 Å². The number of methoxy groups -OCH3 is 1. The summed E-state index contributed by atoms with van der Waals surface area (Å²) in [5, 5.41) is 4.33. The number of nitrogens with two attached hydrogens (primary N) is 1. The van der Waals surface area contributed by atoms with E-state index in [0.29, 0.717) is 6.61 Å². The summed E-state index contributed by atoms with van der Waals surface area (Å²) in [6.45, 7) is 3.64. The molecule has 1 saturated carbocycles. The van der Waals surface area contributed by atoms with Crippen LogP contribution < -0.4 is 5.73 Å². The lowest BCUT2D eigenvalue weighted by Crippen LogP contribution is -2.25. The predicted molar refractivity (Wildman–Crippen MR) is 66.1 cm³/mol. The highest BCUT2D eigenvalue weighted by molar-refractivity contribution is 9.10. The first-order valence-electron chi connectivity index (χ1n) is 5.54. The van der Waals surface area contributed by atoms with Gasteiger partial charge in [-0.1, -0.05) is 6.92 Å². The SMILES string of the molecule is COCCn1ncc(Br)c1C(N)C1(C)CC1. The minimum absolute atomic E-state index is 0.0567. The lowest BCUT2D eigenvalue weighted by molar-refractivity contribution is 0.181. The van der Waals surface area contributed by atoms with Crippen molar-refractivity contribution in [3.05, 3.63) is 16.4 Å². The Bertz CT molecular complexity index is 373. The maximum atomic E-state index is 6.32. The number of rotatable bonds is 5. The Hall–Kier alpha value is -0.390. The van der Waals surface area contributed by atoms with E-state index in [1.165, 1.54) is 12.8 Å². The van der Waals surface area contributed by atoms with E-state index >= 15 is 0 Å². The topological polar surface area (TPSA) is 53.1 Å². The molecule has 0 aliphatic heterocycles. The minimum atomic E-state index is 0.0567. The van der Waals surface area contributed by atoms with Gasteiger partial charge in [0, 0.05) is 7.11 Å². The van der Waals surface area contributed by atoms with Crippen LogP contribution in [0.2, 0.25) is 0 Å². The van der Waals surface area contributed by atoms with Crippen LogP contribution in [0.5, 0.6) is 0 Å². The Kier molecular flexibility index (Phi) is 3.37. The van der Waals surface area contributed by atoms with E-state index in [9.17, 15) is 0 Å². The number of hydrogen-bond donors (Lipinski definition) is 1. The van der Waals surface area contributed by atoms with Crippen molar-refractivity contribution in [2.24, 2.45) is 11.1 Å². The Morgan fingerprint density at radius 2 is 2.38 bits per heavy atom. The lowest BCUT2D eigenvalue weighted by atomic mass is 9.97. The van der Waals surface area contributed by atoms with Crippen molar-refractivity contribution in [2.45, 2.75) is 32.4 Å². The zero-order valence-corrected chi connectivity index (χ0v) is 11.3. The molecule has 16 heavy (non-hydrogen) atoms. The van der Waals surface area contributed by atoms with Crippen molar-refractivity contribution < 1.29 is 4.74 Å². The van der Waals surface area contributed by atoms with Crippen LogP contribution in [0.15, 0.2) is 10.7 Å². The fourth-order valence-corrected chi connectivity index (χ4v) is 2.42. The van der Waals surface area contributed by atoms with Crippen LogP contribution >= 0.6 is 15.9 Å². The zero-order valence-electron chi connectivity index (χ0n) is 9.74. The second kappa shape index (κ2) is 4.47. The highest BCUT2D eigenvalue weighted by Gasteiger charge is 2.45.